The van der Waals surface area contributed by atoms with Gasteiger partial charge in [-0.25, -0.2) is 19.6 Å². The van der Waals surface area contributed by atoms with E-state index >= 15 is 0 Å². The van der Waals surface area contributed by atoms with Crippen molar-refractivity contribution in [3.63, 3.8) is 0 Å². The summed E-state index contributed by atoms with van der Waals surface area (Å²) in [5.74, 6) is 1.09. The lowest BCUT2D eigenvalue weighted by atomic mass is 10.0. The highest BCUT2D eigenvalue weighted by Gasteiger charge is 2.36. The number of aromatic amines is 2. The highest BCUT2D eigenvalue weighted by Crippen LogP contribution is 2.34. The van der Waals surface area contributed by atoms with Crippen LogP contribution in [0.5, 0.6) is 0 Å². The van der Waals surface area contributed by atoms with Gasteiger partial charge in [-0.15, -0.1) is 0 Å². The molecule has 4 atom stereocenters. The van der Waals surface area contributed by atoms with Crippen molar-refractivity contribution >= 4 is 24.0 Å². The molecule has 4 aromatic rings. The van der Waals surface area contributed by atoms with Gasteiger partial charge in [-0.2, -0.15) is 0 Å². The second-order valence-electron chi connectivity index (χ2n) is 12.6. The molecule has 2 aromatic heterocycles. The lowest BCUT2D eigenvalue weighted by Crippen LogP contribution is -2.46. The van der Waals surface area contributed by atoms with Crippen molar-refractivity contribution in [1.29, 1.82) is 0 Å². The van der Waals surface area contributed by atoms with Crippen molar-refractivity contribution in [2.75, 3.05) is 27.3 Å². The normalized spacial score (nSPS) is 18.4. The fourth-order valence-electron chi connectivity index (χ4n) is 6.71. The lowest BCUT2D eigenvalue weighted by molar-refractivity contribution is -0.134. The van der Waals surface area contributed by atoms with Crippen LogP contribution >= 0.6 is 0 Å². The standard InChI is InChI=1S/C36H42N8O6/c1-21(39-35(47)49-3)33(45)43-17-5-7-29(43)31-37-19-27(41-31)25-13-9-23(10-14-25)24-11-15-26(16-12-24)28-20-38-32(42-28)30-8-6-18-44(30)34(46)22(2)40-36(48)50-4/h9-16,19-22,29-30H,5-8,17-18H2,1-4H3,(H,37,41)(H,38,42)(H,39,47)(H,40,48)/t21-,22+,29-,30-/m0/s1. The number of nitrogens with zero attached hydrogens (tertiary/aromatic N) is 4. The Morgan fingerprint density at radius 1 is 0.660 bits per heavy atom. The molecule has 4 heterocycles. The molecule has 0 spiro atoms. The number of benzene rings is 2. The van der Waals surface area contributed by atoms with E-state index in [1.807, 2.05) is 24.3 Å². The topological polar surface area (TPSA) is 175 Å². The monoisotopic (exact) mass is 682 g/mol. The first kappa shape index (κ1) is 34.2. The van der Waals surface area contributed by atoms with Crippen molar-refractivity contribution < 1.29 is 28.7 Å². The van der Waals surface area contributed by atoms with Gasteiger partial charge in [0.25, 0.3) is 0 Å². The Kier molecular flexibility index (Phi) is 10.2. The van der Waals surface area contributed by atoms with Crippen LogP contribution in [0.25, 0.3) is 33.6 Å². The van der Waals surface area contributed by atoms with Crippen LogP contribution in [0.3, 0.4) is 0 Å². The molecule has 0 saturated carbocycles. The molecule has 2 aliphatic rings. The maximum atomic E-state index is 13.1. The number of carbonyl (C=O) groups is 4. The number of likely N-dealkylation sites (tertiary alicyclic amines) is 2. The van der Waals surface area contributed by atoms with Crippen LogP contribution < -0.4 is 10.6 Å². The molecule has 0 bridgehead atoms. The number of amides is 4. The number of hydrogen-bond donors (Lipinski definition) is 4. The number of rotatable bonds is 9. The van der Waals surface area contributed by atoms with Crippen molar-refractivity contribution in [3.05, 3.63) is 72.6 Å². The number of hydrogen-bond acceptors (Lipinski definition) is 8. The molecular formula is C36H42N8O6. The zero-order valence-corrected chi connectivity index (χ0v) is 28.6. The summed E-state index contributed by atoms with van der Waals surface area (Å²) in [6, 6.07) is 14.6. The molecule has 2 aliphatic heterocycles. The van der Waals surface area contributed by atoms with E-state index in [1.54, 1.807) is 36.0 Å². The Balaban J connectivity index is 1.09. The zero-order chi connectivity index (χ0) is 35.4. The van der Waals surface area contributed by atoms with Gasteiger partial charge < -0.3 is 39.9 Å². The van der Waals surface area contributed by atoms with E-state index in [4.69, 9.17) is 0 Å². The van der Waals surface area contributed by atoms with Crippen molar-refractivity contribution in [2.24, 2.45) is 0 Å². The molecule has 2 fully saturated rings. The predicted molar refractivity (Wildman–Crippen MR) is 184 cm³/mol. The fraction of sp³-hybridized carbons (Fsp3) is 0.389. The number of imidazole rings is 2. The van der Waals surface area contributed by atoms with Crippen molar-refractivity contribution in [2.45, 2.75) is 63.7 Å². The van der Waals surface area contributed by atoms with Crippen LogP contribution in [-0.2, 0) is 19.1 Å². The number of aromatic nitrogens is 4. The summed E-state index contributed by atoms with van der Waals surface area (Å²) < 4.78 is 9.27. The zero-order valence-electron chi connectivity index (χ0n) is 28.6. The number of carbonyl (C=O) groups excluding carboxylic acids is 4. The van der Waals surface area contributed by atoms with Gasteiger partial charge in [0.05, 0.1) is 50.1 Å². The third-order valence-corrected chi connectivity index (χ3v) is 9.40. The number of H-pyrrole nitrogens is 2. The minimum atomic E-state index is -0.704. The minimum absolute atomic E-state index is 0.173. The Morgan fingerprint density at radius 3 is 1.38 bits per heavy atom. The molecule has 0 unspecified atom stereocenters. The van der Waals surface area contributed by atoms with E-state index in [2.05, 4.69) is 64.3 Å². The largest absolute Gasteiger partial charge is 0.453 e. The summed E-state index contributed by atoms with van der Waals surface area (Å²) in [7, 11) is 2.54. The molecule has 4 amide bonds. The first-order chi connectivity index (χ1) is 24.2. The fourth-order valence-corrected chi connectivity index (χ4v) is 6.71. The smallest absolute Gasteiger partial charge is 0.407 e. The van der Waals surface area contributed by atoms with Crippen LogP contribution in [0.4, 0.5) is 9.59 Å². The average molecular weight is 683 g/mol. The second-order valence-corrected chi connectivity index (χ2v) is 12.6. The maximum absolute atomic E-state index is 13.1. The van der Waals surface area contributed by atoms with E-state index in [-0.39, 0.29) is 23.9 Å². The van der Waals surface area contributed by atoms with Crippen LogP contribution in [-0.4, -0.2) is 93.1 Å². The Bertz CT molecular complexity index is 1700. The summed E-state index contributed by atoms with van der Waals surface area (Å²) in [5.41, 5.74) is 5.77. The summed E-state index contributed by atoms with van der Waals surface area (Å²) in [4.78, 5) is 68.9. The summed E-state index contributed by atoms with van der Waals surface area (Å²) in [6.07, 6.45) is 5.56. The molecule has 6 rings (SSSR count). The quantitative estimate of drug-likeness (QED) is 0.192. The first-order valence-electron chi connectivity index (χ1n) is 16.8. The van der Waals surface area contributed by atoms with Crippen LogP contribution in [0.2, 0.25) is 0 Å². The molecule has 0 radical (unpaired) electrons. The number of methoxy groups -OCH3 is 2. The third-order valence-electron chi connectivity index (χ3n) is 9.40. The number of ether oxygens (including phenoxy) is 2. The summed E-state index contributed by atoms with van der Waals surface area (Å²) in [5, 5.41) is 5.10. The van der Waals surface area contributed by atoms with Crippen molar-refractivity contribution in [3.8, 4) is 33.6 Å². The van der Waals surface area contributed by atoms with Crippen LogP contribution in [0.1, 0.15) is 63.3 Å². The molecule has 2 aromatic carbocycles. The van der Waals surface area contributed by atoms with Gasteiger partial charge in [0.15, 0.2) is 0 Å². The Labute approximate surface area is 290 Å². The van der Waals surface area contributed by atoms with Gasteiger partial charge in [-0.3, -0.25) is 9.59 Å². The van der Waals surface area contributed by atoms with Gasteiger partial charge in [0, 0.05) is 13.1 Å². The molecule has 2 saturated heterocycles. The minimum Gasteiger partial charge on any atom is -0.453 e. The molecule has 50 heavy (non-hydrogen) atoms. The van der Waals surface area contributed by atoms with Gasteiger partial charge in [-0.05, 0) is 61.8 Å². The third kappa shape index (κ3) is 7.19. The molecule has 14 nitrogen and oxygen atoms in total. The maximum Gasteiger partial charge on any atom is 0.407 e. The highest BCUT2D eigenvalue weighted by atomic mass is 16.5. The predicted octanol–water partition coefficient (Wildman–Crippen LogP) is 4.95. The van der Waals surface area contributed by atoms with Gasteiger partial charge in [0.1, 0.15) is 23.7 Å². The van der Waals surface area contributed by atoms with Gasteiger partial charge in [0.2, 0.25) is 11.8 Å². The first-order valence-corrected chi connectivity index (χ1v) is 16.8. The van der Waals surface area contributed by atoms with E-state index in [0.29, 0.717) is 13.1 Å². The van der Waals surface area contributed by atoms with Crippen molar-refractivity contribution in [1.82, 2.24) is 40.4 Å². The van der Waals surface area contributed by atoms with E-state index in [0.717, 1.165) is 71.0 Å². The Hall–Kier alpha value is -5.66. The number of alkyl carbamates (subject to hydrolysis) is 2. The highest BCUT2D eigenvalue weighted by molar-refractivity contribution is 5.86. The van der Waals surface area contributed by atoms with Crippen LogP contribution in [0.15, 0.2) is 60.9 Å². The van der Waals surface area contributed by atoms with E-state index in [1.165, 1.54) is 14.2 Å². The van der Waals surface area contributed by atoms with Gasteiger partial charge >= 0.3 is 12.2 Å². The Morgan fingerprint density at radius 2 is 1.02 bits per heavy atom. The summed E-state index contributed by atoms with van der Waals surface area (Å²) >= 11 is 0. The summed E-state index contributed by atoms with van der Waals surface area (Å²) in [6.45, 7) is 4.49. The van der Waals surface area contributed by atoms with E-state index < -0.39 is 24.3 Å². The lowest BCUT2D eigenvalue weighted by Gasteiger charge is -2.26. The molecule has 4 N–H and O–H groups in total. The average Bonchev–Trinajstić information content (AvgIpc) is 3.97. The van der Waals surface area contributed by atoms with Crippen LogP contribution in [0, 0.1) is 0 Å². The second kappa shape index (κ2) is 14.8. The number of nitrogens with one attached hydrogen (secondary N) is 4. The van der Waals surface area contributed by atoms with Gasteiger partial charge in [-0.1, -0.05) is 48.5 Å². The molecule has 262 valence electrons. The van der Waals surface area contributed by atoms with E-state index in [9.17, 15) is 19.2 Å². The SMILES string of the molecule is COC(=O)N[C@@H](C)C(=O)N1CCC[C@H]1c1ncc(-c2ccc(-c3ccc(-c4cnc([C@@H]5CCCN5C(=O)[C@@H](C)NC(=O)OC)[nH]4)cc3)cc2)[nH]1. The molecule has 0 aliphatic carbocycles. The molecule has 14 heteroatoms. The molecular weight excluding hydrogens is 640 g/mol.